The first-order valence-electron chi connectivity index (χ1n) is 7.21. The van der Waals surface area contributed by atoms with E-state index in [9.17, 15) is 13.2 Å². The SMILES string of the molecule is CN(N)CCC(Oc1ccc(C(F)(F)F)cc1)c1ccccc1. The third kappa shape index (κ3) is 5.26. The molecule has 0 heterocycles. The van der Waals surface area contributed by atoms with Crippen LogP contribution in [0.2, 0.25) is 0 Å². The van der Waals surface area contributed by atoms with Crippen molar-refractivity contribution in [2.24, 2.45) is 5.84 Å². The molecular weight excluding hydrogens is 305 g/mol. The second-order valence-corrected chi connectivity index (χ2v) is 5.31. The largest absolute Gasteiger partial charge is 0.486 e. The van der Waals surface area contributed by atoms with E-state index < -0.39 is 11.7 Å². The van der Waals surface area contributed by atoms with Gasteiger partial charge in [-0.3, -0.25) is 10.9 Å². The summed E-state index contributed by atoms with van der Waals surface area (Å²) in [6.07, 6.45) is -4.00. The fourth-order valence-corrected chi connectivity index (χ4v) is 2.17. The van der Waals surface area contributed by atoms with Crippen LogP contribution in [-0.2, 0) is 6.18 Å². The van der Waals surface area contributed by atoms with E-state index in [1.54, 1.807) is 12.1 Å². The standard InChI is InChI=1S/C17H19F3N2O/c1-22(21)12-11-16(13-5-3-2-4-6-13)23-15-9-7-14(8-10-15)17(18,19)20/h2-10,16H,11-12,21H2,1H3. The molecule has 0 aromatic heterocycles. The van der Waals surface area contributed by atoms with Crippen LogP contribution in [0.4, 0.5) is 13.2 Å². The Labute approximate surface area is 133 Å². The van der Waals surface area contributed by atoms with Crippen LogP contribution in [0.5, 0.6) is 5.75 Å². The van der Waals surface area contributed by atoms with Crippen molar-refractivity contribution in [1.82, 2.24) is 5.01 Å². The van der Waals surface area contributed by atoms with E-state index in [0.717, 1.165) is 17.7 Å². The van der Waals surface area contributed by atoms with Crippen LogP contribution in [0.1, 0.15) is 23.7 Å². The van der Waals surface area contributed by atoms with Gasteiger partial charge in [0.2, 0.25) is 0 Å². The van der Waals surface area contributed by atoms with E-state index in [-0.39, 0.29) is 6.10 Å². The molecule has 0 bridgehead atoms. The molecule has 0 spiro atoms. The monoisotopic (exact) mass is 324 g/mol. The highest BCUT2D eigenvalue weighted by Crippen LogP contribution is 2.31. The first-order valence-corrected chi connectivity index (χ1v) is 7.21. The predicted molar refractivity (Wildman–Crippen MR) is 82.7 cm³/mol. The minimum atomic E-state index is -4.35. The van der Waals surface area contributed by atoms with Crippen LogP contribution in [0.3, 0.4) is 0 Å². The van der Waals surface area contributed by atoms with Gasteiger partial charge in [-0.25, -0.2) is 0 Å². The molecule has 0 saturated carbocycles. The van der Waals surface area contributed by atoms with Gasteiger partial charge in [0, 0.05) is 20.0 Å². The third-order valence-corrected chi connectivity index (χ3v) is 3.38. The van der Waals surface area contributed by atoms with E-state index >= 15 is 0 Å². The number of nitrogens with two attached hydrogens (primary N) is 1. The summed E-state index contributed by atoms with van der Waals surface area (Å²) in [5, 5.41) is 1.55. The minimum absolute atomic E-state index is 0.279. The van der Waals surface area contributed by atoms with Crippen LogP contribution in [-0.4, -0.2) is 18.6 Å². The summed E-state index contributed by atoms with van der Waals surface area (Å²) in [5.74, 6) is 6.03. The second kappa shape index (κ2) is 7.48. The molecule has 2 aromatic rings. The van der Waals surface area contributed by atoms with E-state index in [1.807, 2.05) is 30.3 Å². The van der Waals surface area contributed by atoms with Crippen LogP contribution in [0.25, 0.3) is 0 Å². The lowest BCUT2D eigenvalue weighted by molar-refractivity contribution is -0.137. The molecule has 2 aromatic carbocycles. The summed E-state index contributed by atoms with van der Waals surface area (Å²) < 4.78 is 43.7. The molecule has 6 heteroatoms. The lowest BCUT2D eigenvalue weighted by Crippen LogP contribution is -2.28. The average molecular weight is 324 g/mol. The highest BCUT2D eigenvalue weighted by molar-refractivity contribution is 5.30. The zero-order chi connectivity index (χ0) is 16.9. The third-order valence-electron chi connectivity index (χ3n) is 3.38. The molecule has 0 aliphatic carbocycles. The van der Waals surface area contributed by atoms with Crippen molar-refractivity contribution < 1.29 is 17.9 Å². The Morgan fingerprint density at radius 2 is 1.65 bits per heavy atom. The van der Waals surface area contributed by atoms with Gasteiger partial charge in [-0.15, -0.1) is 0 Å². The fourth-order valence-electron chi connectivity index (χ4n) is 2.17. The first kappa shape index (κ1) is 17.3. The molecule has 2 N–H and O–H groups in total. The normalized spacial score (nSPS) is 13.1. The number of halogens is 3. The van der Waals surface area contributed by atoms with Crippen LogP contribution >= 0.6 is 0 Å². The van der Waals surface area contributed by atoms with Crippen LogP contribution < -0.4 is 10.6 Å². The summed E-state index contributed by atoms with van der Waals surface area (Å²) in [4.78, 5) is 0. The van der Waals surface area contributed by atoms with Crippen molar-refractivity contribution in [3.8, 4) is 5.75 Å². The molecule has 3 nitrogen and oxygen atoms in total. The Balaban J connectivity index is 2.14. The summed E-state index contributed by atoms with van der Waals surface area (Å²) in [6, 6.07) is 14.2. The number of rotatable bonds is 6. The smallest absolute Gasteiger partial charge is 0.416 e. The lowest BCUT2D eigenvalue weighted by Gasteiger charge is -2.21. The zero-order valence-corrected chi connectivity index (χ0v) is 12.8. The molecule has 0 amide bonds. The Morgan fingerprint density at radius 1 is 1.04 bits per heavy atom. The minimum Gasteiger partial charge on any atom is -0.486 e. The van der Waals surface area contributed by atoms with Crippen molar-refractivity contribution in [1.29, 1.82) is 0 Å². The maximum absolute atomic E-state index is 12.6. The molecule has 23 heavy (non-hydrogen) atoms. The van der Waals surface area contributed by atoms with Gasteiger partial charge >= 0.3 is 6.18 Å². The fraction of sp³-hybridized carbons (Fsp3) is 0.294. The molecule has 0 aliphatic rings. The quantitative estimate of drug-likeness (QED) is 0.644. The predicted octanol–water partition coefficient (Wildman–Crippen LogP) is 4.02. The summed E-state index contributed by atoms with van der Waals surface area (Å²) in [6.45, 7) is 0.597. The van der Waals surface area contributed by atoms with Gasteiger partial charge in [-0.2, -0.15) is 13.2 Å². The molecular formula is C17H19F3N2O. The van der Waals surface area contributed by atoms with Gasteiger partial charge in [0.1, 0.15) is 11.9 Å². The number of hydrogen-bond donors (Lipinski definition) is 1. The van der Waals surface area contributed by atoms with Gasteiger partial charge in [-0.05, 0) is 29.8 Å². The van der Waals surface area contributed by atoms with E-state index in [1.165, 1.54) is 12.1 Å². The van der Waals surface area contributed by atoms with Crippen molar-refractivity contribution in [3.63, 3.8) is 0 Å². The van der Waals surface area contributed by atoms with Gasteiger partial charge in [0.05, 0.1) is 5.56 Å². The van der Waals surface area contributed by atoms with Crippen molar-refractivity contribution >= 4 is 0 Å². The van der Waals surface area contributed by atoms with Gasteiger partial charge in [0.25, 0.3) is 0 Å². The Bertz CT molecular complexity index is 597. The average Bonchev–Trinajstić information content (AvgIpc) is 2.51. The lowest BCUT2D eigenvalue weighted by atomic mass is 10.1. The van der Waals surface area contributed by atoms with Gasteiger partial charge in [-0.1, -0.05) is 30.3 Å². The number of hydrogen-bond acceptors (Lipinski definition) is 3. The maximum atomic E-state index is 12.6. The van der Waals surface area contributed by atoms with Crippen molar-refractivity contribution in [2.45, 2.75) is 18.7 Å². The zero-order valence-electron chi connectivity index (χ0n) is 12.8. The van der Waals surface area contributed by atoms with E-state index in [0.29, 0.717) is 18.7 Å². The van der Waals surface area contributed by atoms with E-state index in [2.05, 4.69) is 0 Å². The molecule has 1 atom stereocenters. The maximum Gasteiger partial charge on any atom is 0.416 e. The van der Waals surface area contributed by atoms with Crippen molar-refractivity contribution in [2.75, 3.05) is 13.6 Å². The van der Waals surface area contributed by atoms with Gasteiger partial charge < -0.3 is 4.74 Å². The van der Waals surface area contributed by atoms with Crippen LogP contribution in [0.15, 0.2) is 54.6 Å². The molecule has 0 saturated heterocycles. The van der Waals surface area contributed by atoms with Crippen molar-refractivity contribution in [3.05, 3.63) is 65.7 Å². The molecule has 2 rings (SSSR count). The number of hydrazine groups is 1. The summed E-state index contributed by atoms with van der Waals surface area (Å²) in [7, 11) is 1.75. The number of ether oxygens (including phenoxy) is 1. The summed E-state index contributed by atoms with van der Waals surface area (Å²) in [5.41, 5.74) is 0.261. The molecule has 0 aliphatic heterocycles. The first-order chi connectivity index (χ1) is 10.9. The Hall–Kier alpha value is -2.05. The number of benzene rings is 2. The van der Waals surface area contributed by atoms with E-state index in [4.69, 9.17) is 10.6 Å². The number of nitrogens with zero attached hydrogens (tertiary/aromatic N) is 1. The molecule has 1 unspecified atom stereocenters. The Kier molecular flexibility index (Phi) is 5.63. The molecule has 0 radical (unpaired) electrons. The highest BCUT2D eigenvalue weighted by atomic mass is 19.4. The number of alkyl halides is 3. The Morgan fingerprint density at radius 3 is 2.17 bits per heavy atom. The second-order valence-electron chi connectivity index (χ2n) is 5.31. The molecule has 124 valence electrons. The van der Waals surface area contributed by atoms with Crippen LogP contribution in [0, 0.1) is 0 Å². The van der Waals surface area contributed by atoms with Gasteiger partial charge in [0.15, 0.2) is 0 Å². The topological polar surface area (TPSA) is 38.5 Å². The summed E-state index contributed by atoms with van der Waals surface area (Å²) >= 11 is 0. The molecule has 0 fully saturated rings. The highest BCUT2D eigenvalue weighted by Gasteiger charge is 2.30.